The minimum absolute atomic E-state index is 0.127. The summed E-state index contributed by atoms with van der Waals surface area (Å²) in [4.78, 5) is 34.0. The SMILES string of the molecule is CCOC(=O)C1OC1C(=O)N[C@@H](CC(C)C)C(=O)O. The third-order valence-electron chi connectivity index (χ3n) is 2.59. The molecule has 0 aromatic carbocycles. The van der Waals surface area contributed by atoms with E-state index in [0.29, 0.717) is 6.42 Å². The highest BCUT2D eigenvalue weighted by Crippen LogP contribution is 2.24. The average molecular weight is 273 g/mol. The summed E-state index contributed by atoms with van der Waals surface area (Å²) >= 11 is 0. The molecular weight excluding hydrogens is 254 g/mol. The summed E-state index contributed by atoms with van der Waals surface area (Å²) in [6.07, 6.45) is -1.53. The lowest BCUT2D eigenvalue weighted by Gasteiger charge is -2.15. The number of esters is 1. The van der Waals surface area contributed by atoms with E-state index < -0.39 is 36.1 Å². The Hall–Kier alpha value is -1.63. The summed E-state index contributed by atoms with van der Waals surface area (Å²) in [5.41, 5.74) is 0. The zero-order valence-electron chi connectivity index (χ0n) is 11.2. The summed E-state index contributed by atoms with van der Waals surface area (Å²) < 4.78 is 9.60. The third-order valence-corrected chi connectivity index (χ3v) is 2.59. The largest absolute Gasteiger partial charge is 0.480 e. The van der Waals surface area contributed by atoms with Crippen molar-refractivity contribution in [3.05, 3.63) is 0 Å². The van der Waals surface area contributed by atoms with Crippen molar-refractivity contribution < 1.29 is 29.0 Å². The Kier molecular flexibility index (Phi) is 5.29. The van der Waals surface area contributed by atoms with E-state index >= 15 is 0 Å². The number of hydrogen-bond donors (Lipinski definition) is 2. The van der Waals surface area contributed by atoms with Crippen LogP contribution in [-0.2, 0) is 23.9 Å². The first-order valence-electron chi connectivity index (χ1n) is 6.22. The van der Waals surface area contributed by atoms with Crippen LogP contribution in [0, 0.1) is 5.92 Å². The first-order chi connectivity index (χ1) is 8.86. The number of carbonyl (C=O) groups is 3. The quantitative estimate of drug-likeness (QED) is 0.497. The highest BCUT2D eigenvalue weighted by Gasteiger charge is 2.52. The monoisotopic (exact) mass is 273 g/mol. The summed E-state index contributed by atoms with van der Waals surface area (Å²) in [5.74, 6) is -2.16. The molecule has 1 saturated heterocycles. The highest BCUT2D eigenvalue weighted by atomic mass is 16.6. The molecule has 1 rings (SSSR count). The average Bonchev–Trinajstić information content (AvgIpc) is 3.07. The second-order valence-corrected chi connectivity index (χ2v) is 4.76. The van der Waals surface area contributed by atoms with Crippen molar-refractivity contribution in [3.63, 3.8) is 0 Å². The van der Waals surface area contributed by atoms with Crippen LogP contribution in [0.4, 0.5) is 0 Å². The maximum atomic E-state index is 11.7. The number of rotatable bonds is 7. The number of ether oxygens (including phenoxy) is 2. The van der Waals surface area contributed by atoms with Crippen molar-refractivity contribution in [1.29, 1.82) is 0 Å². The Bertz CT molecular complexity index is 367. The van der Waals surface area contributed by atoms with Gasteiger partial charge in [0.05, 0.1) is 6.61 Å². The molecule has 0 bridgehead atoms. The number of carboxylic acids is 1. The molecule has 2 unspecified atom stereocenters. The van der Waals surface area contributed by atoms with Crippen LogP contribution in [0.25, 0.3) is 0 Å². The van der Waals surface area contributed by atoms with Crippen LogP contribution in [-0.4, -0.2) is 47.8 Å². The molecule has 2 N–H and O–H groups in total. The number of amides is 1. The van der Waals surface area contributed by atoms with Gasteiger partial charge < -0.3 is 19.9 Å². The van der Waals surface area contributed by atoms with Gasteiger partial charge in [-0.15, -0.1) is 0 Å². The molecule has 1 fully saturated rings. The fraction of sp³-hybridized carbons (Fsp3) is 0.750. The van der Waals surface area contributed by atoms with Gasteiger partial charge in [-0.2, -0.15) is 0 Å². The lowest BCUT2D eigenvalue weighted by atomic mass is 10.0. The van der Waals surface area contributed by atoms with E-state index in [4.69, 9.17) is 14.6 Å². The minimum atomic E-state index is -1.10. The zero-order chi connectivity index (χ0) is 14.6. The highest BCUT2D eigenvalue weighted by molar-refractivity contribution is 5.94. The van der Waals surface area contributed by atoms with Gasteiger partial charge in [-0.05, 0) is 19.3 Å². The van der Waals surface area contributed by atoms with E-state index in [2.05, 4.69) is 5.32 Å². The van der Waals surface area contributed by atoms with Crippen molar-refractivity contribution in [1.82, 2.24) is 5.32 Å². The molecule has 0 aromatic heterocycles. The van der Waals surface area contributed by atoms with Gasteiger partial charge >= 0.3 is 11.9 Å². The van der Waals surface area contributed by atoms with Crippen LogP contribution in [0.2, 0.25) is 0 Å². The summed E-state index contributed by atoms with van der Waals surface area (Å²) in [6.45, 7) is 5.57. The molecule has 3 atom stereocenters. The van der Waals surface area contributed by atoms with E-state index in [1.165, 1.54) is 0 Å². The van der Waals surface area contributed by atoms with Gasteiger partial charge in [0, 0.05) is 0 Å². The Morgan fingerprint density at radius 1 is 1.32 bits per heavy atom. The normalized spacial score (nSPS) is 22.7. The first kappa shape index (κ1) is 15.4. The molecule has 7 nitrogen and oxygen atoms in total. The Labute approximate surface area is 111 Å². The van der Waals surface area contributed by atoms with Crippen molar-refractivity contribution in [2.24, 2.45) is 5.92 Å². The standard InChI is InChI=1S/C12H19NO6/c1-4-18-12(17)9-8(19-9)10(14)13-7(11(15)16)5-6(2)3/h6-9H,4-5H2,1-3H3,(H,13,14)(H,15,16)/t7-,8?,9?/m0/s1. The molecule has 1 aliphatic rings. The predicted molar refractivity (Wildman–Crippen MR) is 64.3 cm³/mol. The lowest BCUT2D eigenvalue weighted by Crippen LogP contribution is -2.44. The van der Waals surface area contributed by atoms with Gasteiger partial charge in [0.1, 0.15) is 6.04 Å². The minimum Gasteiger partial charge on any atom is -0.480 e. The first-order valence-corrected chi connectivity index (χ1v) is 6.22. The Morgan fingerprint density at radius 3 is 2.42 bits per heavy atom. The molecule has 7 heteroatoms. The molecular formula is C12H19NO6. The summed E-state index contributed by atoms with van der Waals surface area (Å²) in [6, 6.07) is -0.973. The molecule has 1 aliphatic heterocycles. The number of epoxide rings is 1. The third kappa shape index (κ3) is 4.51. The van der Waals surface area contributed by atoms with Crippen LogP contribution in [0.15, 0.2) is 0 Å². The van der Waals surface area contributed by atoms with E-state index in [9.17, 15) is 14.4 Å². The summed E-state index contributed by atoms with van der Waals surface area (Å²) in [7, 11) is 0. The van der Waals surface area contributed by atoms with Crippen LogP contribution in [0.5, 0.6) is 0 Å². The van der Waals surface area contributed by atoms with Crippen molar-refractivity contribution in [2.75, 3.05) is 6.61 Å². The molecule has 0 spiro atoms. The van der Waals surface area contributed by atoms with Crippen molar-refractivity contribution >= 4 is 17.8 Å². The van der Waals surface area contributed by atoms with Gasteiger partial charge in [-0.3, -0.25) is 4.79 Å². The number of carbonyl (C=O) groups excluding carboxylic acids is 2. The smallest absolute Gasteiger partial charge is 0.338 e. The molecule has 1 heterocycles. The van der Waals surface area contributed by atoms with E-state index in [1.54, 1.807) is 6.92 Å². The molecule has 0 aromatic rings. The van der Waals surface area contributed by atoms with Gasteiger partial charge in [0.2, 0.25) is 0 Å². The molecule has 108 valence electrons. The van der Waals surface area contributed by atoms with Crippen LogP contribution in [0.1, 0.15) is 27.2 Å². The number of hydrogen-bond acceptors (Lipinski definition) is 5. The maximum Gasteiger partial charge on any atom is 0.338 e. The van der Waals surface area contributed by atoms with Gasteiger partial charge in [0.25, 0.3) is 5.91 Å². The van der Waals surface area contributed by atoms with Crippen molar-refractivity contribution in [2.45, 2.75) is 45.4 Å². The fourth-order valence-corrected chi connectivity index (χ4v) is 1.66. The zero-order valence-corrected chi connectivity index (χ0v) is 11.2. The van der Waals surface area contributed by atoms with E-state index in [0.717, 1.165) is 0 Å². The lowest BCUT2D eigenvalue weighted by molar-refractivity contribution is -0.144. The predicted octanol–water partition coefficient (Wildman–Crippen LogP) is -0.0676. The number of nitrogens with one attached hydrogen (secondary N) is 1. The van der Waals surface area contributed by atoms with E-state index in [-0.39, 0.29) is 12.5 Å². The van der Waals surface area contributed by atoms with Gasteiger partial charge in [0.15, 0.2) is 12.2 Å². The van der Waals surface area contributed by atoms with Crippen LogP contribution >= 0.6 is 0 Å². The molecule has 0 radical (unpaired) electrons. The fourth-order valence-electron chi connectivity index (χ4n) is 1.66. The Balaban J connectivity index is 2.47. The molecule has 1 amide bonds. The van der Waals surface area contributed by atoms with Gasteiger partial charge in [-0.1, -0.05) is 13.8 Å². The van der Waals surface area contributed by atoms with Crippen LogP contribution in [0.3, 0.4) is 0 Å². The second kappa shape index (κ2) is 6.51. The molecule has 0 saturated carbocycles. The van der Waals surface area contributed by atoms with Gasteiger partial charge in [-0.25, -0.2) is 9.59 Å². The number of aliphatic carboxylic acids is 1. The maximum absolute atomic E-state index is 11.7. The Morgan fingerprint density at radius 2 is 1.95 bits per heavy atom. The summed E-state index contributed by atoms with van der Waals surface area (Å²) in [5, 5.41) is 11.4. The molecule has 19 heavy (non-hydrogen) atoms. The second-order valence-electron chi connectivity index (χ2n) is 4.76. The van der Waals surface area contributed by atoms with Crippen molar-refractivity contribution in [3.8, 4) is 0 Å². The number of carboxylic acid groups (broad SMARTS) is 1. The van der Waals surface area contributed by atoms with E-state index in [1.807, 2.05) is 13.8 Å². The topological polar surface area (TPSA) is 105 Å². The molecule has 0 aliphatic carbocycles. The van der Waals surface area contributed by atoms with Crippen LogP contribution < -0.4 is 5.32 Å².